The molecule has 1 aliphatic carbocycles. The van der Waals surface area contributed by atoms with Crippen LogP contribution >= 0.6 is 0 Å². The van der Waals surface area contributed by atoms with E-state index in [4.69, 9.17) is 4.74 Å². The first-order valence-electron chi connectivity index (χ1n) is 8.22. The standard InChI is InChI=1S/C18H24N4O/c1-13-11-17(19-12-14-7-3-6-10-16(14)23-2)22-18(20-13)21-15-8-4-5-9-15/h3,6-7,10-11,15H,4-5,8-9,12H2,1-2H3,(H2,19,20,21,22). The molecule has 1 saturated carbocycles. The molecule has 1 aliphatic rings. The highest BCUT2D eigenvalue weighted by Crippen LogP contribution is 2.22. The summed E-state index contributed by atoms with van der Waals surface area (Å²) in [6.45, 7) is 2.67. The van der Waals surface area contributed by atoms with Gasteiger partial charge in [0.15, 0.2) is 0 Å². The maximum atomic E-state index is 5.38. The van der Waals surface area contributed by atoms with Gasteiger partial charge in [0, 0.05) is 29.9 Å². The molecule has 1 fully saturated rings. The molecule has 0 atom stereocenters. The summed E-state index contributed by atoms with van der Waals surface area (Å²) in [5, 5.41) is 6.83. The molecule has 5 heteroatoms. The molecule has 1 aromatic carbocycles. The maximum absolute atomic E-state index is 5.38. The quantitative estimate of drug-likeness (QED) is 0.850. The van der Waals surface area contributed by atoms with Crippen molar-refractivity contribution in [2.24, 2.45) is 0 Å². The van der Waals surface area contributed by atoms with E-state index in [9.17, 15) is 0 Å². The Hall–Kier alpha value is -2.30. The molecule has 0 amide bonds. The van der Waals surface area contributed by atoms with Crippen molar-refractivity contribution in [2.75, 3.05) is 17.7 Å². The van der Waals surface area contributed by atoms with Crippen molar-refractivity contribution in [3.05, 3.63) is 41.6 Å². The molecular formula is C18H24N4O. The zero-order valence-electron chi connectivity index (χ0n) is 13.8. The van der Waals surface area contributed by atoms with Gasteiger partial charge in [-0.15, -0.1) is 0 Å². The summed E-state index contributed by atoms with van der Waals surface area (Å²) in [7, 11) is 1.69. The number of hydrogen-bond acceptors (Lipinski definition) is 5. The van der Waals surface area contributed by atoms with Crippen molar-refractivity contribution in [1.29, 1.82) is 0 Å². The molecule has 3 rings (SSSR count). The molecular weight excluding hydrogens is 288 g/mol. The normalized spacial score (nSPS) is 14.7. The Kier molecular flexibility index (Phi) is 4.95. The highest BCUT2D eigenvalue weighted by molar-refractivity contribution is 5.44. The van der Waals surface area contributed by atoms with Crippen LogP contribution in [0.4, 0.5) is 11.8 Å². The number of nitrogens with one attached hydrogen (secondary N) is 2. The fourth-order valence-electron chi connectivity index (χ4n) is 3.01. The molecule has 0 radical (unpaired) electrons. The summed E-state index contributed by atoms with van der Waals surface area (Å²) in [5.41, 5.74) is 2.07. The number of benzene rings is 1. The summed E-state index contributed by atoms with van der Waals surface area (Å²) in [6, 6.07) is 10.5. The Bertz CT molecular complexity index is 653. The number of hydrogen-bond donors (Lipinski definition) is 2. The molecule has 1 heterocycles. The van der Waals surface area contributed by atoms with Gasteiger partial charge in [-0.25, -0.2) is 4.98 Å². The lowest BCUT2D eigenvalue weighted by atomic mass is 10.2. The highest BCUT2D eigenvalue weighted by Gasteiger charge is 2.16. The molecule has 0 bridgehead atoms. The van der Waals surface area contributed by atoms with Crippen LogP contribution in [-0.2, 0) is 6.54 Å². The Labute approximate surface area is 137 Å². The van der Waals surface area contributed by atoms with Crippen LogP contribution in [0.3, 0.4) is 0 Å². The lowest BCUT2D eigenvalue weighted by Crippen LogP contribution is -2.17. The third-order valence-electron chi connectivity index (χ3n) is 4.20. The third kappa shape index (κ3) is 4.12. The van der Waals surface area contributed by atoms with Crippen molar-refractivity contribution < 1.29 is 4.74 Å². The number of methoxy groups -OCH3 is 1. The number of rotatable bonds is 6. The minimum Gasteiger partial charge on any atom is -0.496 e. The van der Waals surface area contributed by atoms with E-state index in [2.05, 4.69) is 26.7 Å². The SMILES string of the molecule is COc1ccccc1CNc1cc(C)nc(NC2CCCC2)n1. The number of para-hydroxylation sites is 1. The minimum atomic E-state index is 0.513. The van der Waals surface area contributed by atoms with Gasteiger partial charge in [-0.3, -0.25) is 0 Å². The summed E-state index contributed by atoms with van der Waals surface area (Å²) in [4.78, 5) is 9.09. The second-order valence-corrected chi connectivity index (χ2v) is 6.01. The number of anilines is 2. The Morgan fingerprint density at radius 2 is 1.96 bits per heavy atom. The predicted molar refractivity (Wildman–Crippen MR) is 93.0 cm³/mol. The van der Waals surface area contributed by atoms with Crippen molar-refractivity contribution in [1.82, 2.24) is 9.97 Å². The molecule has 0 unspecified atom stereocenters. The zero-order valence-corrected chi connectivity index (χ0v) is 13.8. The topological polar surface area (TPSA) is 59.1 Å². The summed E-state index contributed by atoms with van der Waals surface area (Å²) < 4.78 is 5.38. The van der Waals surface area contributed by atoms with E-state index in [1.165, 1.54) is 25.7 Å². The van der Waals surface area contributed by atoms with E-state index in [1.54, 1.807) is 7.11 Å². The average Bonchev–Trinajstić information content (AvgIpc) is 3.05. The van der Waals surface area contributed by atoms with Gasteiger partial charge in [-0.2, -0.15) is 4.98 Å². The van der Waals surface area contributed by atoms with Gasteiger partial charge in [-0.05, 0) is 25.8 Å². The molecule has 0 spiro atoms. The van der Waals surface area contributed by atoms with Crippen LogP contribution in [0, 0.1) is 6.92 Å². The van der Waals surface area contributed by atoms with E-state index >= 15 is 0 Å². The molecule has 1 aromatic heterocycles. The van der Waals surface area contributed by atoms with Crippen LogP contribution in [0.5, 0.6) is 5.75 Å². The van der Waals surface area contributed by atoms with E-state index < -0.39 is 0 Å². The molecule has 23 heavy (non-hydrogen) atoms. The first kappa shape index (κ1) is 15.6. The van der Waals surface area contributed by atoms with Gasteiger partial charge < -0.3 is 15.4 Å². The lowest BCUT2D eigenvalue weighted by Gasteiger charge is -2.14. The van der Waals surface area contributed by atoms with E-state index in [-0.39, 0.29) is 0 Å². The van der Waals surface area contributed by atoms with Crippen LogP contribution in [0.1, 0.15) is 36.9 Å². The minimum absolute atomic E-state index is 0.513. The Morgan fingerprint density at radius 3 is 2.74 bits per heavy atom. The average molecular weight is 312 g/mol. The molecule has 122 valence electrons. The van der Waals surface area contributed by atoms with Crippen LogP contribution < -0.4 is 15.4 Å². The first-order valence-corrected chi connectivity index (χ1v) is 8.22. The van der Waals surface area contributed by atoms with Gasteiger partial charge in [0.25, 0.3) is 0 Å². The highest BCUT2D eigenvalue weighted by atomic mass is 16.5. The van der Waals surface area contributed by atoms with Crippen LogP contribution in [-0.4, -0.2) is 23.1 Å². The van der Waals surface area contributed by atoms with Gasteiger partial charge in [-0.1, -0.05) is 31.0 Å². The fraction of sp³-hybridized carbons (Fsp3) is 0.444. The zero-order chi connectivity index (χ0) is 16.1. The summed E-state index contributed by atoms with van der Waals surface area (Å²) in [5.74, 6) is 2.44. The van der Waals surface area contributed by atoms with Gasteiger partial charge in [0.1, 0.15) is 11.6 Å². The number of nitrogens with zero attached hydrogens (tertiary/aromatic N) is 2. The number of aryl methyl sites for hydroxylation is 1. The van der Waals surface area contributed by atoms with E-state index in [0.29, 0.717) is 12.6 Å². The fourth-order valence-corrected chi connectivity index (χ4v) is 3.01. The molecule has 0 aliphatic heterocycles. The van der Waals surface area contributed by atoms with Gasteiger partial charge in [0.2, 0.25) is 5.95 Å². The Balaban J connectivity index is 1.68. The second kappa shape index (κ2) is 7.31. The molecule has 5 nitrogen and oxygen atoms in total. The van der Waals surface area contributed by atoms with Crippen molar-refractivity contribution in [2.45, 2.75) is 45.2 Å². The Morgan fingerprint density at radius 1 is 1.17 bits per heavy atom. The van der Waals surface area contributed by atoms with Crippen molar-refractivity contribution >= 4 is 11.8 Å². The predicted octanol–water partition coefficient (Wildman–Crippen LogP) is 3.76. The van der Waals surface area contributed by atoms with Crippen LogP contribution in [0.25, 0.3) is 0 Å². The lowest BCUT2D eigenvalue weighted by molar-refractivity contribution is 0.410. The van der Waals surface area contributed by atoms with Gasteiger partial charge >= 0.3 is 0 Å². The number of aromatic nitrogens is 2. The van der Waals surface area contributed by atoms with Crippen molar-refractivity contribution in [3.63, 3.8) is 0 Å². The van der Waals surface area contributed by atoms with Gasteiger partial charge in [0.05, 0.1) is 7.11 Å². The monoisotopic (exact) mass is 312 g/mol. The summed E-state index contributed by atoms with van der Waals surface area (Å²) >= 11 is 0. The first-order chi connectivity index (χ1) is 11.2. The number of ether oxygens (including phenoxy) is 1. The van der Waals surface area contributed by atoms with E-state index in [1.807, 2.05) is 31.2 Å². The van der Waals surface area contributed by atoms with E-state index in [0.717, 1.165) is 28.8 Å². The third-order valence-corrected chi connectivity index (χ3v) is 4.20. The molecule has 2 N–H and O–H groups in total. The summed E-state index contributed by atoms with van der Waals surface area (Å²) in [6.07, 6.45) is 5.01. The molecule has 2 aromatic rings. The maximum Gasteiger partial charge on any atom is 0.225 e. The van der Waals surface area contributed by atoms with Crippen LogP contribution in [0.2, 0.25) is 0 Å². The largest absolute Gasteiger partial charge is 0.496 e. The smallest absolute Gasteiger partial charge is 0.225 e. The second-order valence-electron chi connectivity index (χ2n) is 6.01. The van der Waals surface area contributed by atoms with Crippen LogP contribution in [0.15, 0.2) is 30.3 Å². The molecule has 0 saturated heterocycles. The van der Waals surface area contributed by atoms with Crippen molar-refractivity contribution in [3.8, 4) is 5.75 Å².